The van der Waals surface area contributed by atoms with Crippen molar-refractivity contribution in [2.45, 2.75) is 38.2 Å². The fourth-order valence-corrected chi connectivity index (χ4v) is 2.52. The minimum atomic E-state index is -2.37. The van der Waals surface area contributed by atoms with Crippen molar-refractivity contribution in [3.8, 4) is 0 Å². The average molecular weight is 225 g/mol. The third-order valence-corrected chi connectivity index (χ3v) is 3.38. The fraction of sp³-hybridized carbons (Fsp3) is 0.538. The van der Waals surface area contributed by atoms with E-state index < -0.39 is 6.43 Å². The fourth-order valence-electron chi connectivity index (χ4n) is 2.52. The molecule has 0 amide bonds. The third-order valence-electron chi connectivity index (χ3n) is 3.38. The highest BCUT2D eigenvalue weighted by atomic mass is 19.3. The van der Waals surface area contributed by atoms with Gasteiger partial charge in [-0.2, -0.15) is 0 Å². The second kappa shape index (κ2) is 4.91. The van der Waals surface area contributed by atoms with Crippen LogP contribution in [0.5, 0.6) is 0 Å². The van der Waals surface area contributed by atoms with Gasteiger partial charge in [-0.3, -0.25) is 0 Å². The number of benzene rings is 1. The van der Waals surface area contributed by atoms with E-state index in [9.17, 15) is 8.78 Å². The van der Waals surface area contributed by atoms with Crippen LogP contribution in [0.15, 0.2) is 24.3 Å². The maximum absolute atomic E-state index is 12.6. The molecule has 2 atom stereocenters. The average Bonchev–Trinajstić information content (AvgIpc) is 2.77. The lowest BCUT2D eigenvalue weighted by atomic mass is 9.90. The summed E-state index contributed by atoms with van der Waals surface area (Å²) >= 11 is 0. The van der Waals surface area contributed by atoms with Crippen LogP contribution in [0.25, 0.3) is 0 Å². The van der Waals surface area contributed by atoms with E-state index in [-0.39, 0.29) is 5.56 Å². The molecule has 2 rings (SSSR count). The molecule has 3 heteroatoms. The second-order valence-electron chi connectivity index (χ2n) is 4.33. The molecule has 1 fully saturated rings. The number of halogens is 2. The van der Waals surface area contributed by atoms with E-state index in [1.807, 2.05) is 6.07 Å². The van der Waals surface area contributed by atoms with Gasteiger partial charge in [0.15, 0.2) is 0 Å². The Morgan fingerprint density at radius 2 is 2.25 bits per heavy atom. The zero-order valence-corrected chi connectivity index (χ0v) is 9.42. The van der Waals surface area contributed by atoms with E-state index in [1.165, 1.54) is 6.07 Å². The van der Waals surface area contributed by atoms with E-state index in [2.05, 4.69) is 12.2 Å². The summed E-state index contributed by atoms with van der Waals surface area (Å²) in [5, 5.41) is 3.42. The van der Waals surface area contributed by atoms with E-state index in [1.54, 1.807) is 12.1 Å². The number of alkyl halides is 2. The first-order valence-corrected chi connectivity index (χ1v) is 5.83. The van der Waals surface area contributed by atoms with Gasteiger partial charge in [-0.15, -0.1) is 0 Å². The highest BCUT2D eigenvalue weighted by Gasteiger charge is 2.26. The molecule has 1 aromatic rings. The quantitative estimate of drug-likeness (QED) is 0.830. The third kappa shape index (κ3) is 2.24. The van der Waals surface area contributed by atoms with E-state index >= 15 is 0 Å². The molecule has 0 radical (unpaired) electrons. The molecule has 16 heavy (non-hydrogen) atoms. The zero-order chi connectivity index (χ0) is 11.5. The summed E-state index contributed by atoms with van der Waals surface area (Å²) in [5.74, 6) is 0.392. The van der Waals surface area contributed by atoms with Gasteiger partial charge in [0.1, 0.15) is 0 Å². The van der Waals surface area contributed by atoms with Crippen LogP contribution in [-0.2, 0) is 0 Å². The van der Waals surface area contributed by atoms with Crippen LogP contribution in [-0.4, -0.2) is 12.6 Å². The number of hydrogen-bond acceptors (Lipinski definition) is 1. The zero-order valence-electron chi connectivity index (χ0n) is 9.42. The smallest absolute Gasteiger partial charge is 0.263 e. The first-order chi connectivity index (χ1) is 7.72. The lowest BCUT2D eigenvalue weighted by Gasteiger charge is -2.18. The Hall–Kier alpha value is -0.960. The number of hydrogen-bond donors (Lipinski definition) is 1. The van der Waals surface area contributed by atoms with E-state index in [0.29, 0.717) is 12.0 Å². The highest BCUT2D eigenvalue weighted by molar-refractivity contribution is 5.29. The molecule has 1 heterocycles. The Balaban J connectivity index is 2.22. The summed E-state index contributed by atoms with van der Waals surface area (Å²) in [5.41, 5.74) is 1.19. The van der Waals surface area contributed by atoms with E-state index in [0.717, 1.165) is 24.9 Å². The maximum atomic E-state index is 12.6. The van der Waals surface area contributed by atoms with Crippen LogP contribution in [0, 0.1) is 0 Å². The second-order valence-corrected chi connectivity index (χ2v) is 4.33. The summed E-state index contributed by atoms with van der Waals surface area (Å²) in [7, 11) is 0. The van der Waals surface area contributed by atoms with Gasteiger partial charge >= 0.3 is 0 Å². The molecular weight excluding hydrogens is 208 g/mol. The first-order valence-electron chi connectivity index (χ1n) is 5.83. The lowest BCUT2D eigenvalue weighted by molar-refractivity contribution is 0.151. The van der Waals surface area contributed by atoms with Crippen molar-refractivity contribution in [2.75, 3.05) is 6.54 Å². The first kappa shape index (κ1) is 11.5. The predicted molar refractivity (Wildman–Crippen MR) is 60.8 cm³/mol. The van der Waals surface area contributed by atoms with Crippen LogP contribution in [0.4, 0.5) is 8.78 Å². The van der Waals surface area contributed by atoms with Crippen LogP contribution in [0.3, 0.4) is 0 Å². The summed E-state index contributed by atoms with van der Waals surface area (Å²) in [4.78, 5) is 0. The largest absolute Gasteiger partial charge is 0.313 e. The van der Waals surface area contributed by atoms with Crippen molar-refractivity contribution in [1.29, 1.82) is 0 Å². The van der Waals surface area contributed by atoms with E-state index in [4.69, 9.17) is 0 Å². The van der Waals surface area contributed by atoms with Crippen molar-refractivity contribution >= 4 is 0 Å². The van der Waals surface area contributed by atoms with Gasteiger partial charge in [-0.05, 0) is 31.0 Å². The molecule has 1 aliphatic heterocycles. The summed E-state index contributed by atoms with van der Waals surface area (Å²) in [6, 6.07) is 7.30. The van der Waals surface area contributed by atoms with Crippen molar-refractivity contribution in [3.05, 3.63) is 35.4 Å². The summed E-state index contributed by atoms with van der Waals surface area (Å²) in [6.07, 6.45) is -0.274. The summed E-state index contributed by atoms with van der Waals surface area (Å²) < 4.78 is 25.2. The van der Waals surface area contributed by atoms with Gasteiger partial charge in [0.25, 0.3) is 6.43 Å². The molecule has 0 spiro atoms. The molecule has 1 N–H and O–H groups in total. The van der Waals surface area contributed by atoms with Gasteiger partial charge in [0, 0.05) is 17.5 Å². The van der Waals surface area contributed by atoms with Crippen LogP contribution in [0.1, 0.15) is 43.2 Å². The van der Waals surface area contributed by atoms with Crippen molar-refractivity contribution in [1.82, 2.24) is 5.32 Å². The lowest BCUT2D eigenvalue weighted by Crippen LogP contribution is -2.24. The molecule has 1 saturated heterocycles. The van der Waals surface area contributed by atoms with Crippen molar-refractivity contribution in [3.63, 3.8) is 0 Å². The van der Waals surface area contributed by atoms with Crippen LogP contribution >= 0.6 is 0 Å². The molecule has 1 aliphatic rings. The molecule has 1 nitrogen and oxygen atoms in total. The van der Waals surface area contributed by atoms with Crippen molar-refractivity contribution < 1.29 is 8.78 Å². The number of nitrogens with one attached hydrogen (secondary N) is 1. The standard InChI is InChI=1S/C13H17F2N/c1-2-12-11(6-7-16-12)9-4-3-5-10(8-9)13(14)15/h3-5,8,11-13,16H,2,6-7H2,1H3. The van der Waals surface area contributed by atoms with Gasteiger partial charge in [0.05, 0.1) is 0 Å². The Labute approximate surface area is 94.9 Å². The summed E-state index contributed by atoms with van der Waals surface area (Å²) in [6.45, 7) is 3.12. The maximum Gasteiger partial charge on any atom is 0.263 e. The topological polar surface area (TPSA) is 12.0 Å². The van der Waals surface area contributed by atoms with Crippen LogP contribution in [0.2, 0.25) is 0 Å². The molecule has 2 unspecified atom stereocenters. The predicted octanol–water partition coefficient (Wildman–Crippen LogP) is 3.48. The molecule has 0 aromatic heterocycles. The normalized spacial score (nSPS) is 25.2. The molecular formula is C13H17F2N. The molecule has 1 aromatic carbocycles. The van der Waals surface area contributed by atoms with Gasteiger partial charge in [-0.25, -0.2) is 8.78 Å². The van der Waals surface area contributed by atoms with Gasteiger partial charge in [0.2, 0.25) is 0 Å². The minimum absolute atomic E-state index is 0.138. The Morgan fingerprint density at radius 3 is 2.94 bits per heavy atom. The number of rotatable bonds is 3. The molecule has 88 valence electrons. The Morgan fingerprint density at radius 1 is 1.44 bits per heavy atom. The minimum Gasteiger partial charge on any atom is -0.313 e. The van der Waals surface area contributed by atoms with Gasteiger partial charge in [-0.1, -0.05) is 25.1 Å². The molecule has 0 aliphatic carbocycles. The SMILES string of the molecule is CCC1NCCC1c1cccc(C(F)F)c1. The molecule has 0 saturated carbocycles. The van der Waals surface area contributed by atoms with Gasteiger partial charge < -0.3 is 5.32 Å². The highest BCUT2D eigenvalue weighted by Crippen LogP contribution is 2.31. The Bertz CT molecular complexity index is 352. The molecule has 0 bridgehead atoms. The van der Waals surface area contributed by atoms with Crippen molar-refractivity contribution in [2.24, 2.45) is 0 Å². The monoisotopic (exact) mass is 225 g/mol. The van der Waals surface area contributed by atoms with Crippen LogP contribution < -0.4 is 5.32 Å². The Kier molecular flexibility index (Phi) is 3.54.